The van der Waals surface area contributed by atoms with Crippen molar-refractivity contribution in [1.29, 1.82) is 0 Å². The zero-order chi connectivity index (χ0) is 17.2. The van der Waals surface area contributed by atoms with E-state index in [2.05, 4.69) is 20.9 Å². The first kappa shape index (κ1) is 16.0. The average molecular weight is 328 g/mol. The van der Waals surface area contributed by atoms with E-state index in [-0.39, 0.29) is 11.9 Å². The van der Waals surface area contributed by atoms with Crippen LogP contribution in [0.4, 0.5) is 10.6 Å². The minimum atomic E-state index is -0.552. The highest BCUT2D eigenvalue weighted by Crippen LogP contribution is 2.30. The summed E-state index contributed by atoms with van der Waals surface area (Å²) in [5, 5.41) is 13.3. The van der Waals surface area contributed by atoms with E-state index in [4.69, 9.17) is 0 Å². The largest absolute Gasteiger partial charge is 0.359 e. The van der Waals surface area contributed by atoms with Crippen molar-refractivity contribution in [3.05, 3.63) is 36.5 Å². The average Bonchev–Trinajstić information content (AvgIpc) is 3.22. The molecule has 126 valence electrons. The van der Waals surface area contributed by atoms with Crippen LogP contribution in [0.15, 0.2) is 36.5 Å². The number of nitrogens with zero attached hydrogens (tertiary/aromatic N) is 4. The number of amides is 3. The third-order valence-electron chi connectivity index (χ3n) is 4.32. The molecule has 24 heavy (non-hydrogen) atoms. The molecule has 3 rings (SSSR count). The number of benzene rings is 1. The number of nitrogens with one attached hydrogen (secondary N) is 2. The molecule has 1 aromatic carbocycles. The second-order valence-corrected chi connectivity index (χ2v) is 6.11. The molecule has 0 radical (unpaired) electrons. The third-order valence-corrected chi connectivity index (χ3v) is 4.32. The number of urea groups is 1. The van der Waals surface area contributed by atoms with Gasteiger partial charge in [-0.05, 0) is 25.5 Å². The number of anilines is 1. The maximum atomic E-state index is 12.5. The fraction of sp³-hybridized carbons (Fsp3) is 0.375. The predicted octanol–water partition coefficient (Wildman–Crippen LogP) is 1.26. The number of aromatic nitrogens is 3. The van der Waals surface area contributed by atoms with Gasteiger partial charge in [-0.3, -0.25) is 10.1 Å². The zero-order valence-electron chi connectivity index (χ0n) is 13.7. The molecule has 3 amide bonds. The molecule has 1 saturated heterocycles. The van der Waals surface area contributed by atoms with E-state index in [1.807, 2.05) is 37.3 Å². The van der Waals surface area contributed by atoms with Crippen LogP contribution in [-0.2, 0) is 4.79 Å². The molecule has 0 saturated carbocycles. The molecule has 2 N–H and O–H groups in total. The van der Waals surface area contributed by atoms with E-state index in [1.54, 1.807) is 16.6 Å². The molecule has 1 atom stereocenters. The van der Waals surface area contributed by atoms with Crippen LogP contribution in [-0.4, -0.2) is 52.0 Å². The molecule has 1 aliphatic heterocycles. The Kier molecular flexibility index (Phi) is 4.20. The number of carbonyl (C=O) groups is 2. The van der Waals surface area contributed by atoms with Crippen molar-refractivity contribution in [3.8, 4) is 5.69 Å². The van der Waals surface area contributed by atoms with E-state index < -0.39 is 5.41 Å². The van der Waals surface area contributed by atoms with Gasteiger partial charge in [-0.15, -0.1) is 5.10 Å². The van der Waals surface area contributed by atoms with Gasteiger partial charge in [0.2, 0.25) is 5.91 Å². The van der Waals surface area contributed by atoms with Gasteiger partial charge >= 0.3 is 6.03 Å². The molecule has 1 aliphatic rings. The first-order chi connectivity index (χ1) is 11.5. The maximum Gasteiger partial charge on any atom is 0.323 e. The smallest absolute Gasteiger partial charge is 0.323 e. The summed E-state index contributed by atoms with van der Waals surface area (Å²) < 4.78 is 1.56. The number of carbonyl (C=O) groups excluding carboxylic acids is 2. The van der Waals surface area contributed by atoms with E-state index in [1.165, 1.54) is 6.20 Å². The van der Waals surface area contributed by atoms with E-state index in [0.717, 1.165) is 5.69 Å². The topological polar surface area (TPSA) is 92.2 Å². The molecular formula is C16H20N6O2. The molecule has 1 unspecified atom stereocenters. The van der Waals surface area contributed by atoms with Crippen LogP contribution in [0.5, 0.6) is 0 Å². The second-order valence-electron chi connectivity index (χ2n) is 6.11. The van der Waals surface area contributed by atoms with E-state index in [0.29, 0.717) is 25.3 Å². The van der Waals surface area contributed by atoms with Gasteiger partial charge in [-0.25, -0.2) is 4.79 Å². The Hall–Kier alpha value is -2.90. The summed E-state index contributed by atoms with van der Waals surface area (Å²) in [5.74, 6) is 0.438. The second kappa shape index (κ2) is 6.31. The lowest BCUT2D eigenvalue weighted by molar-refractivity contribution is -0.128. The van der Waals surface area contributed by atoms with Crippen molar-refractivity contribution in [1.82, 2.24) is 25.2 Å². The fourth-order valence-electron chi connectivity index (χ4n) is 2.89. The monoisotopic (exact) mass is 328 g/mol. The molecule has 8 nitrogen and oxygen atoms in total. The Morgan fingerprint density at radius 2 is 2.00 bits per heavy atom. The van der Waals surface area contributed by atoms with Gasteiger partial charge in [-0.1, -0.05) is 23.4 Å². The Labute approximate surface area is 139 Å². The molecule has 2 aromatic rings. The van der Waals surface area contributed by atoms with Gasteiger partial charge in [0.25, 0.3) is 0 Å². The van der Waals surface area contributed by atoms with Crippen molar-refractivity contribution >= 4 is 17.8 Å². The Morgan fingerprint density at radius 1 is 1.25 bits per heavy atom. The Morgan fingerprint density at radius 3 is 2.71 bits per heavy atom. The van der Waals surface area contributed by atoms with Crippen LogP contribution < -0.4 is 10.6 Å². The standard InChI is InChI=1S/C16H20N6O2/c1-16(14(23)17-2)8-9-21(11-16)15(24)19-13-10-18-20-22(13)12-6-4-3-5-7-12/h3-7,10H,8-9,11H2,1-2H3,(H,17,23)(H,19,24). The lowest BCUT2D eigenvalue weighted by atomic mass is 9.89. The number of para-hydroxylation sites is 1. The summed E-state index contributed by atoms with van der Waals surface area (Å²) in [6.07, 6.45) is 2.13. The molecule has 2 heterocycles. The van der Waals surface area contributed by atoms with Crippen LogP contribution in [0.1, 0.15) is 13.3 Å². The highest BCUT2D eigenvalue weighted by atomic mass is 16.2. The first-order valence-electron chi connectivity index (χ1n) is 7.78. The van der Waals surface area contributed by atoms with Gasteiger partial charge in [-0.2, -0.15) is 4.68 Å². The van der Waals surface area contributed by atoms with E-state index >= 15 is 0 Å². The molecule has 8 heteroatoms. The molecule has 0 aliphatic carbocycles. The van der Waals surface area contributed by atoms with Gasteiger partial charge in [0.05, 0.1) is 17.3 Å². The van der Waals surface area contributed by atoms with Crippen molar-refractivity contribution < 1.29 is 9.59 Å². The number of likely N-dealkylation sites (tertiary alicyclic amines) is 1. The summed E-state index contributed by atoms with van der Waals surface area (Å²) in [4.78, 5) is 26.1. The molecule has 0 bridgehead atoms. The predicted molar refractivity (Wildman–Crippen MR) is 88.7 cm³/mol. The fourth-order valence-corrected chi connectivity index (χ4v) is 2.89. The Balaban J connectivity index is 1.71. The van der Waals surface area contributed by atoms with Gasteiger partial charge in [0, 0.05) is 20.1 Å². The number of hydrogen-bond acceptors (Lipinski definition) is 4. The van der Waals surface area contributed by atoms with Crippen molar-refractivity contribution in [2.45, 2.75) is 13.3 Å². The molecule has 1 fully saturated rings. The molecular weight excluding hydrogens is 308 g/mol. The van der Waals surface area contributed by atoms with Crippen LogP contribution in [0.2, 0.25) is 0 Å². The summed E-state index contributed by atoms with van der Waals surface area (Å²) in [6.45, 7) is 2.78. The SMILES string of the molecule is CNC(=O)C1(C)CCN(C(=O)Nc2cnnn2-c2ccccc2)C1. The molecule has 0 spiro atoms. The number of hydrogen-bond donors (Lipinski definition) is 2. The van der Waals surface area contributed by atoms with Crippen molar-refractivity contribution in [2.24, 2.45) is 5.41 Å². The quantitative estimate of drug-likeness (QED) is 0.887. The lowest BCUT2D eigenvalue weighted by Crippen LogP contribution is -2.41. The van der Waals surface area contributed by atoms with Gasteiger partial charge in [0.1, 0.15) is 0 Å². The highest BCUT2D eigenvalue weighted by molar-refractivity contribution is 5.90. The molecule has 1 aromatic heterocycles. The van der Waals surface area contributed by atoms with Gasteiger partial charge in [0.15, 0.2) is 5.82 Å². The summed E-state index contributed by atoms with van der Waals surface area (Å²) >= 11 is 0. The Bertz CT molecular complexity index is 744. The van der Waals surface area contributed by atoms with Crippen LogP contribution in [0.3, 0.4) is 0 Å². The van der Waals surface area contributed by atoms with Gasteiger partial charge < -0.3 is 10.2 Å². The highest BCUT2D eigenvalue weighted by Gasteiger charge is 2.41. The minimum Gasteiger partial charge on any atom is -0.359 e. The lowest BCUT2D eigenvalue weighted by Gasteiger charge is -2.22. The zero-order valence-corrected chi connectivity index (χ0v) is 13.7. The number of rotatable bonds is 3. The van der Waals surface area contributed by atoms with Crippen LogP contribution >= 0.6 is 0 Å². The van der Waals surface area contributed by atoms with Crippen molar-refractivity contribution in [2.75, 3.05) is 25.5 Å². The first-order valence-corrected chi connectivity index (χ1v) is 7.78. The van der Waals surface area contributed by atoms with Crippen LogP contribution in [0.25, 0.3) is 5.69 Å². The maximum absolute atomic E-state index is 12.5. The third kappa shape index (κ3) is 2.94. The van der Waals surface area contributed by atoms with Crippen molar-refractivity contribution in [3.63, 3.8) is 0 Å². The minimum absolute atomic E-state index is 0.0474. The van der Waals surface area contributed by atoms with E-state index in [9.17, 15) is 9.59 Å². The van der Waals surface area contributed by atoms with Crippen LogP contribution in [0, 0.1) is 5.41 Å². The normalized spacial score (nSPS) is 20.0. The summed E-state index contributed by atoms with van der Waals surface area (Å²) in [6, 6.07) is 9.17. The summed E-state index contributed by atoms with van der Waals surface area (Å²) in [5.41, 5.74) is 0.256. The summed E-state index contributed by atoms with van der Waals surface area (Å²) in [7, 11) is 1.61.